The number of carbonyl (C=O) groups is 3. The van der Waals surface area contributed by atoms with E-state index in [9.17, 15) is 14.4 Å². The molecule has 158 valence electrons. The highest BCUT2D eigenvalue weighted by Gasteiger charge is 2.58. The van der Waals surface area contributed by atoms with Crippen molar-refractivity contribution in [1.29, 1.82) is 0 Å². The Kier molecular flexibility index (Phi) is 6.40. The molecule has 30 heavy (non-hydrogen) atoms. The SMILES string of the molecule is CCOC(=O)[C@@H]1C(=O)OC(C)(C)[C@H]1[C@@H](C(=O)c1ccc(CC)cc1)c1ccccc1. The van der Waals surface area contributed by atoms with Crippen LogP contribution < -0.4 is 0 Å². The molecule has 0 radical (unpaired) electrons. The van der Waals surface area contributed by atoms with Crippen LogP contribution in [0.1, 0.15) is 55.1 Å². The highest BCUT2D eigenvalue weighted by Crippen LogP contribution is 2.47. The van der Waals surface area contributed by atoms with Crippen molar-refractivity contribution in [3.63, 3.8) is 0 Å². The van der Waals surface area contributed by atoms with Gasteiger partial charge in [-0.05, 0) is 38.3 Å². The largest absolute Gasteiger partial charge is 0.465 e. The first-order valence-corrected chi connectivity index (χ1v) is 10.4. The summed E-state index contributed by atoms with van der Waals surface area (Å²) in [5, 5.41) is 0. The molecular formula is C25H28O5. The number of carbonyl (C=O) groups excluding carboxylic acids is 3. The lowest BCUT2D eigenvalue weighted by Gasteiger charge is -2.33. The molecule has 2 aromatic carbocycles. The second-order valence-corrected chi connectivity index (χ2v) is 8.08. The average Bonchev–Trinajstić information content (AvgIpc) is 2.97. The number of hydrogen-bond donors (Lipinski definition) is 0. The van der Waals surface area contributed by atoms with E-state index in [1.165, 1.54) is 0 Å². The molecule has 0 amide bonds. The molecule has 1 aliphatic rings. The summed E-state index contributed by atoms with van der Waals surface area (Å²) in [6, 6.07) is 16.7. The summed E-state index contributed by atoms with van der Waals surface area (Å²) in [7, 11) is 0. The Labute approximate surface area is 177 Å². The fourth-order valence-electron chi connectivity index (χ4n) is 4.27. The van der Waals surface area contributed by atoms with Gasteiger partial charge in [0.05, 0.1) is 12.5 Å². The third-order valence-electron chi connectivity index (χ3n) is 5.77. The van der Waals surface area contributed by atoms with E-state index >= 15 is 0 Å². The molecule has 0 aliphatic carbocycles. The van der Waals surface area contributed by atoms with Gasteiger partial charge in [-0.15, -0.1) is 0 Å². The van der Waals surface area contributed by atoms with Crippen LogP contribution in [0, 0.1) is 11.8 Å². The quantitative estimate of drug-likeness (QED) is 0.387. The molecule has 0 unspecified atom stereocenters. The molecule has 1 aliphatic heterocycles. The van der Waals surface area contributed by atoms with E-state index in [1.54, 1.807) is 32.9 Å². The van der Waals surface area contributed by atoms with Gasteiger partial charge in [0.15, 0.2) is 11.7 Å². The van der Waals surface area contributed by atoms with Crippen molar-refractivity contribution in [1.82, 2.24) is 0 Å². The Balaban J connectivity index is 2.11. The van der Waals surface area contributed by atoms with Gasteiger partial charge in [0.2, 0.25) is 0 Å². The van der Waals surface area contributed by atoms with Gasteiger partial charge >= 0.3 is 11.9 Å². The maximum Gasteiger partial charge on any atom is 0.321 e. The van der Waals surface area contributed by atoms with Crippen molar-refractivity contribution in [2.75, 3.05) is 6.61 Å². The highest BCUT2D eigenvalue weighted by atomic mass is 16.6. The van der Waals surface area contributed by atoms with Crippen molar-refractivity contribution in [2.45, 2.75) is 45.6 Å². The van der Waals surface area contributed by atoms with E-state index in [2.05, 4.69) is 6.92 Å². The van der Waals surface area contributed by atoms with Crippen LogP contribution >= 0.6 is 0 Å². The molecule has 1 heterocycles. The molecule has 0 aromatic heterocycles. The summed E-state index contributed by atoms with van der Waals surface area (Å²) in [5.74, 6) is -4.00. The number of rotatable bonds is 7. The molecule has 0 saturated carbocycles. The number of ether oxygens (including phenoxy) is 2. The van der Waals surface area contributed by atoms with Gasteiger partial charge < -0.3 is 9.47 Å². The highest BCUT2D eigenvalue weighted by molar-refractivity contribution is 6.04. The number of ketones is 1. The van der Waals surface area contributed by atoms with Crippen LogP contribution in [0.25, 0.3) is 0 Å². The van der Waals surface area contributed by atoms with Gasteiger partial charge in [0, 0.05) is 11.5 Å². The standard InChI is InChI=1S/C25H28O5/c1-5-16-12-14-18(15-13-16)22(26)19(17-10-8-7-9-11-17)21-20(23(27)29-6-2)24(28)30-25(21,3)4/h7-15,19-21H,5-6H2,1-4H3/t19-,20+,21-/m0/s1. The predicted molar refractivity (Wildman–Crippen MR) is 113 cm³/mol. The lowest BCUT2D eigenvalue weighted by atomic mass is 9.69. The van der Waals surface area contributed by atoms with E-state index in [1.807, 2.05) is 42.5 Å². The molecule has 1 fully saturated rings. The van der Waals surface area contributed by atoms with Crippen molar-refractivity contribution < 1.29 is 23.9 Å². The van der Waals surface area contributed by atoms with Crippen molar-refractivity contribution in [2.24, 2.45) is 11.8 Å². The third kappa shape index (κ3) is 4.16. The number of Topliss-reactive ketones (excluding diaryl/α,β-unsaturated/α-hetero) is 1. The van der Waals surface area contributed by atoms with Crippen molar-refractivity contribution in [3.8, 4) is 0 Å². The van der Waals surface area contributed by atoms with E-state index in [0.29, 0.717) is 5.56 Å². The van der Waals surface area contributed by atoms with Gasteiger partial charge in [-0.2, -0.15) is 0 Å². The normalized spacial score (nSPS) is 21.0. The zero-order valence-electron chi connectivity index (χ0n) is 17.9. The maximum absolute atomic E-state index is 13.7. The average molecular weight is 408 g/mol. The lowest BCUT2D eigenvalue weighted by Crippen LogP contribution is -2.41. The Hall–Kier alpha value is -2.95. The Morgan fingerprint density at radius 1 is 1.03 bits per heavy atom. The summed E-state index contributed by atoms with van der Waals surface area (Å²) < 4.78 is 10.7. The summed E-state index contributed by atoms with van der Waals surface area (Å²) >= 11 is 0. The Bertz CT molecular complexity index is 914. The Morgan fingerprint density at radius 3 is 2.23 bits per heavy atom. The lowest BCUT2D eigenvalue weighted by molar-refractivity contribution is -0.157. The Morgan fingerprint density at radius 2 is 1.67 bits per heavy atom. The number of benzene rings is 2. The first-order valence-electron chi connectivity index (χ1n) is 10.4. The zero-order chi connectivity index (χ0) is 21.9. The van der Waals surface area contributed by atoms with Gasteiger partial charge in [-0.3, -0.25) is 14.4 Å². The van der Waals surface area contributed by atoms with Crippen molar-refractivity contribution >= 4 is 17.7 Å². The van der Waals surface area contributed by atoms with Gasteiger partial charge in [-0.1, -0.05) is 61.5 Å². The van der Waals surface area contributed by atoms with Crippen LogP contribution in [0.15, 0.2) is 54.6 Å². The van der Waals surface area contributed by atoms with Crippen LogP contribution in [0.5, 0.6) is 0 Å². The van der Waals surface area contributed by atoms with E-state index < -0.39 is 35.3 Å². The summed E-state index contributed by atoms with van der Waals surface area (Å²) in [6.45, 7) is 7.39. The molecule has 1 saturated heterocycles. The fourth-order valence-corrected chi connectivity index (χ4v) is 4.27. The van der Waals surface area contributed by atoms with E-state index in [4.69, 9.17) is 9.47 Å². The van der Waals surface area contributed by atoms with Crippen LogP contribution in [0.3, 0.4) is 0 Å². The van der Waals surface area contributed by atoms with Crippen LogP contribution in [-0.2, 0) is 25.5 Å². The van der Waals surface area contributed by atoms with Crippen LogP contribution in [0.2, 0.25) is 0 Å². The summed E-state index contributed by atoms with van der Waals surface area (Å²) in [6.07, 6.45) is 0.875. The number of aryl methyl sites for hydroxylation is 1. The molecule has 2 aromatic rings. The summed E-state index contributed by atoms with van der Waals surface area (Å²) in [4.78, 5) is 39.1. The van der Waals surface area contributed by atoms with Crippen LogP contribution in [0.4, 0.5) is 0 Å². The molecule has 0 N–H and O–H groups in total. The molecule has 0 bridgehead atoms. The maximum atomic E-state index is 13.7. The first kappa shape index (κ1) is 21.8. The smallest absolute Gasteiger partial charge is 0.321 e. The minimum atomic E-state index is -1.15. The number of hydrogen-bond acceptors (Lipinski definition) is 5. The minimum Gasteiger partial charge on any atom is -0.465 e. The van der Waals surface area contributed by atoms with Gasteiger partial charge in [0.25, 0.3) is 0 Å². The molecule has 5 heteroatoms. The number of cyclic esters (lactones) is 1. The monoisotopic (exact) mass is 408 g/mol. The second kappa shape index (κ2) is 8.82. The first-order chi connectivity index (χ1) is 14.3. The topological polar surface area (TPSA) is 69.7 Å². The molecule has 3 rings (SSSR count). The number of esters is 2. The third-order valence-corrected chi connectivity index (χ3v) is 5.77. The minimum absolute atomic E-state index is 0.144. The zero-order valence-corrected chi connectivity index (χ0v) is 17.9. The molecular weight excluding hydrogens is 380 g/mol. The fraction of sp³-hybridized carbons (Fsp3) is 0.400. The van der Waals surface area contributed by atoms with Gasteiger partial charge in [-0.25, -0.2) is 0 Å². The molecule has 3 atom stereocenters. The molecule has 0 spiro atoms. The predicted octanol–water partition coefficient (Wildman–Crippen LogP) is 4.35. The van der Waals surface area contributed by atoms with Crippen LogP contribution in [-0.4, -0.2) is 29.9 Å². The van der Waals surface area contributed by atoms with E-state index in [-0.39, 0.29) is 12.4 Å². The van der Waals surface area contributed by atoms with E-state index in [0.717, 1.165) is 17.5 Å². The second-order valence-electron chi connectivity index (χ2n) is 8.08. The van der Waals surface area contributed by atoms with Gasteiger partial charge in [0.1, 0.15) is 5.60 Å². The summed E-state index contributed by atoms with van der Waals surface area (Å²) in [5.41, 5.74) is 1.41. The molecule has 5 nitrogen and oxygen atoms in total. The van der Waals surface area contributed by atoms with Crippen molar-refractivity contribution in [3.05, 3.63) is 71.3 Å².